The lowest BCUT2D eigenvalue weighted by Crippen LogP contribution is -2.18. The van der Waals surface area contributed by atoms with Gasteiger partial charge in [-0.2, -0.15) is 11.8 Å². The third kappa shape index (κ3) is 2.69. The number of Topliss-reactive ketones (excluding diaryl/α,β-unsaturated/α-hetero) is 1. The number of ether oxygens (including phenoxy) is 1. The predicted octanol–water partition coefficient (Wildman–Crippen LogP) is 2.26. The number of hydrogen-bond acceptors (Lipinski definition) is 4. The summed E-state index contributed by atoms with van der Waals surface area (Å²) in [5.41, 5.74) is 1.64. The maximum absolute atomic E-state index is 11.6. The van der Waals surface area contributed by atoms with Crippen LogP contribution in [-0.2, 0) is 9.53 Å². The molecule has 0 saturated carbocycles. The van der Waals surface area contributed by atoms with Gasteiger partial charge in [0, 0.05) is 23.0 Å². The highest BCUT2D eigenvalue weighted by atomic mass is 32.2. The Bertz CT molecular complexity index is 421. The van der Waals surface area contributed by atoms with Gasteiger partial charge in [-0.3, -0.25) is 4.79 Å². The van der Waals surface area contributed by atoms with Crippen molar-refractivity contribution in [3.8, 4) is 0 Å². The molecule has 0 radical (unpaired) electrons. The molecule has 90 valence electrons. The Morgan fingerprint density at radius 3 is 2.41 bits per heavy atom. The van der Waals surface area contributed by atoms with Crippen molar-refractivity contribution in [2.24, 2.45) is 0 Å². The summed E-state index contributed by atoms with van der Waals surface area (Å²) in [6.07, 6.45) is 0. The van der Waals surface area contributed by atoms with Gasteiger partial charge in [-0.1, -0.05) is 24.3 Å². The monoisotopic (exact) mass is 250 g/mol. The second-order valence-corrected chi connectivity index (χ2v) is 4.98. The smallest absolute Gasteiger partial charge is 0.379 e. The number of ketones is 1. The van der Waals surface area contributed by atoms with E-state index in [2.05, 4.69) is 4.74 Å². The minimum absolute atomic E-state index is 0.224. The van der Waals surface area contributed by atoms with E-state index in [-0.39, 0.29) is 6.61 Å². The molecule has 1 heterocycles. The van der Waals surface area contributed by atoms with Gasteiger partial charge in [0.1, 0.15) is 0 Å². The van der Waals surface area contributed by atoms with Crippen LogP contribution in [-0.4, -0.2) is 29.9 Å². The molecule has 0 atom stereocenters. The van der Waals surface area contributed by atoms with Crippen LogP contribution in [0.3, 0.4) is 0 Å². The second kappa shape index (κ2) is 5.36. The highest BCUT2D eigenvalue weighted by Gasteiger charge is 2.21. The fourth-order valence-electron chi connectivity index (χ4n) is 1.65. The van der Waals surface area contributed by atoms with E-state index in [1.165, 1.54) is 5.56 Å². The molecule has 4 heteroatoms. The van der Waals surface area contributed by atoms with Crippen molar-refractivity contribution in [2.45, 2.75) is 12.8 Å². The Kier molecular flexibility index (Phi) is 3.84. The van der Waals surface area contributed by atoms with E-state index in [1.54, 1.807) is 19.1 Å². The summed E-state index contributed by atoms with van der Waals surface area (Å²) in [7, 11) is 0. The fourth-order valence-corrected chi connectivity index (χ4v) is 2.51. The number of esters is 1. The standard InChI is InChI=1S/C13H14O3S/c1-2-16-13(15)12(14)10-5-3-9(4-6-10)11-7-17-8-11/h3-6,11H,2,7-8H2,1H3. The van der Waals surface area contributed by atoms with Crippen molar-refractivity contribution in [2.75, 3.05) is 18.1 Å². The van der Waals surface area contributed by atoms with Crippen LogP contribution in [0.25, 0.3) is 0 Å². The first-order valence-corrected chi connectivity index (χ1v) is 6.77. The highest BCUT2D eigenvalue weighted by Crippen LogP contribution is 2.33. The molecule has 1 fully saturated rings. The highest BCUT2D eigenvalue weighted by molar-refractivity contribution is 8.00. The van der Waals surface area contributed by atoms with E-state index >= 15 is 0 Å². The average Bonchev–Trinajstić information content (AvgIpc) is 2.27. The van der Waals surface area contributed by atoms with Crippen LogP contribution in [0.4, 0.5) is 0 Å². The molecule has 1 aliphatic heterocycles. The van der Waals surface area contributed by atoms with Crippen LogP contribution in [0.2, 0.25) is 0 Å². The number of rotatable bonds is 4. The van der Waals surface area contributed by atoms with Crippen LogP contribution in [0.5, 0.6) is 0 Å². The molecule has 0 amide bonds. The summed E-state index contributed by atoms with van der Waals surface area (Å²) in [6.45, 7) is 1.91. The normalized spacial score (nSPS) is 15.1. The second-order valence-electron chi connectivity index (χ2n) is 3.91. The van der Waals surface area contributed by atoms with Gasteiger partial charge in [-0.25, -0.2) is 4.79 Å². The first-order valence-electron chi connectivity index (χ1n) is 5.61. The zero-order valence-corrected chi connectivity index (χ0v) is 10.5. The maximum Gasteiger partial charge on any atom is 0.379 e. The molecule has 0 N–H and O–H groups in total. The van der Waals surface area contributed by atoms with Crippen LogP contribution >= 0.6 is 11.8 Å². The van der Waals surface area contributed by atoms with E-state index in [1.807, 2.05) is 23.9 Å². The van der Waals surface area contributed by atoms with E-state index < -0.39 is 11.8 Å². The largest absolute Gasteiger partial charge is 0.460 e. The summed E-state index contributed by atoms with van der Waals surface area (Å²) >= 11 is 1.92. The Labute approximate surface area is 105 Å². The maximum atomic E-state index is 11.6. The van der Waals surface area contributed by atoms with E-state index in [0.29, 0.717) is 11.5 Å². The van der Waals surface area contributed by atoms with Gasteiger partial charge >= 0.3 is 5.97 Å². The lowest BCUT2D eigenvalue weighted by Gasteiger charge is -2.25. The Balaban J connectivity index is 2.06. The van der Waals surface area contributed by atoms with Gasteiger partial charge in [-0.05, 0) is 12.5 Å². The quantitative estimate of drug-likeness (QED) is 0.467. The summed E-state index contributed by atoms with van der Waals surface area (Å²) in [5.74, 6) is 1.55. The van der Waals surface area contributed by atoms with Gasteiger partial charge in [0.2, 0.25) is 0 Å². The summed E-state index contributed by atoms with van der Waals surface area (Å²) in [5, 5.41) is 0. The zero-order chi connectivity index (χ0) is 12.3. The SMILES string of the molecule is CCOC(=O)C(=O)c1ccc(C2CSC2)cc1. The molecule has 1 aromatic rings. The minimum Gasteiger partial charge on any atom is -0.460 e. The first-order chi connectivity index (χ1) is 8.22. The lowest BCUT2D eigenvalue weighted by molar-refractivity contribution is -0.137. The van der Waals surface area contributed by atoms with Gasteiger partial charge in [0.05, 0.1) is 6.61 Å². The molecule has 0 aliphatic carbocycles. The Morgan fingerprint density at radius 2 is 1.94 bits per heavy atom. The molecule has 1 saturated heterocycles. The van der Waals surface area contributed by atoms with Crippen LogP contribution < -0.4 is 0 Å². The summed E-state index contributed by atoms with van der Waals surface area (Å²) < 4.78 is 4.68. The molecular formula is C13H14O3S. The van der Waals surface area contributed by atoms with Crippen molar-refractivity contribution >= 4 is 23.5 Å². The molecular weight excluding hydrogens is 236 g/mol. The van der Waals surface area contributed by atoms with Crippen molar-refractivity contribution in [1.29, 1.82) is 0 Å². The number of benzene rings is 1. The van der Waals surface area contributed by atoms with E-state index in [4.69, 9.17) is 0 Å². The van der Waals surface area contributed by atoms with E-state index in [9.17, 15) is 9.59 Å². The van der Waals surface area contributed by atoms with Crippen LogP contribution in [0.15, 0.2) is 24.3 Å². The number of carbonyl (C=O) groups excluding carboxylic acids is 2. The van der Waals surface area contributed by atoms with Crippen LogP contribution in [0.1, 0.15) is 28.8 Å². The zero-order valence-electron chi connectivity index (χ0n) is 9.64. The number of carbonyl (C=O) groups is 2. The topological polar surface area (TPSA) is 43.4 Å². The molecule has 1 aliphatic rings. The molecule has 0 aromatic heterocycles. The van der Waals surface area contributed by atoms with Crippen LogP contribution in [0, 0.1) is 0 Å². The van der Waals surface area contributed by atoms with Gasteiger partial charge in [0.25, 0.3) is 5.78 Å². The third-order valence-corrected chi connectivity index (χ3v) is 4.02. The van der Waals surface area contributed by atoms with Crippen molar-refractivity contribution < 1.29 is 14.3 Å². The molecule has 0 bridgehead atoms. The Morgan fingerprint density at radius 1 is 1.29 bits per heavy atom. The van der Waals surface area contributed by atoms with Gasteiger partial charge in [0.15, 0.2) is 0 Å². The number of thioether (sulfide) groups is 1. The molecule has 17 heavy (non-hydrogen) atoms. The fraction of sp³-hybridized carbons (Fsp3) is 0.385. The summed E-state index contributed by atoms with van der Waals surface area (Å²) in [4.78, 5) is 22.9. The molecule has 0 spiro atoms. The average molecular weight is 250 g/mol. The predicted molar refractivity (Wildman–Crippen MR) is 67.5 cm³/mol. The first kappa shape index (κ1) is 12.2. The van der Waals surface area contributed by atoms with Crippen molar-refractivity contribution in [3.05, 3.63) is 35.4 Å². The number of hydrogen-bond donors (Lipinski definition) is 0. The molecule has 2 rings (SSSR count). The van der Waals surface area contributed by atoms with Crippen molar-refractivity contribution in [3.63, 3.8) is 0 Å². The third-order valence-electron chi connectivity index (χ3n) is 2.74. The van der Waals surface area contributed by atoms with Crippen molar-refractivity contribution in [1.82, 2.24) is 0 Å². The molecule has 0 unspecified atom stereocenters. The molecule has 3 nitrogen and oxygen atoms in total. The van der Waals surface area contributed by atoms with Gasteiger partial charge in [-0.15, -0.1) is 0 Å². The Hall–Kier alpha value is -1.29. The van der Waals surface area contributed by atoms with Gasteiger partial charge < -0.3 is 4.74 Å². The summed E-state index contributed by atoms with van der Waals surface area (Å²) in [6, 6.07) is 7.27. The van der Waals surface area contributed by atoms with E-state index in [0.717, 1.165) is 11.5 Å². The lowest BCUT2D eigenvalue weighted by atomic mass is 9.99. The minimum atomic E-state index is -0.778. The molecule has 1 aromatic carbocycles.